The summed E-state index contributed by atoms with van der Waals surface area (Å²) in [5.41, 5.74) is -0.160. The third kappa shape index (κ3) is 5.21. The van der Waals surface area contributed by atoms with E-state index in [1.165, 1.54) is 0 Å². The Morgan fingerprint density at radius 3 is 2.32 bits per heavy atom. The molecular weight excluding hydrogens is 353 g/mol. The summed E-state index contributed by atoms with van der Waals surface area (Å²) < 4.78 is 38.6. The molecule has 0 aliphatic heterocycles. The Kier molecular flexibility index (Phi) is 6.08. The molecule has 0 aromatic heterocycles. The first-order valence-corrected chi connectivity index (χ1v) is 8.14. The molecule has 0 heterocycles. The molecule has 0 saturated carbocycles. The zero-order chi connectivity index (χ0) is 18.6. The molecule has 1 atom stereocenters. The van der Waals surface area contributed by atoms with Crippen molar-refractivity contribution in [1.82, 2.24) is 0 Å². The summed E-state index contributed by atoms with van der Waals surface area (Å²) in [4.78, 5) is 12.7. The van der Waals surface area contributed by atoms with Crippen molar-refractivity contribution in [3.8, 4) is 0 Å². The van der Waals surface area contributed by atoms with Gasteiger partial charge in [-0.15, -0.1) is 0 Å². The van der Waals surface area contributed by atoms with Gasteiger partial charge in [-0.3, -0.25) is 4.79 Å². The first kappa shape index (κ1) is 19.3. The third-order valence-corrected chi connectivity index (χ3v) is 3.90. The summed E-state index contributed by atoms with van der Waals surface area (Å²) in [6, 6.07) is 11.4. The number of anilines is 1. The number of benzene rings is 2. The summed E-state index contributed by atoms with van der Waals surface area (Å²) >= 11 is 5.95. The molecule has 2 aromatic carbocycles. The van der Waals surface area contributed by atoms with Crippen LogP contribution in [-0.4, -0.2) is 11.9 Å². The SMILES string of the molecule is CC(C)[NH2+][C@@H](C(=O)Nc1cc(C(F)(F)F)ccc1Cl)c1ccccc1. The molecule has 0 unspecified atom stereocenters. The van der Waals surface area contributed by atoms with Crippen LogP contribution in [0.4, 0.5) is 18.9 Å². The molecule has 25 heavy (non-hydrogen) atoms. The zero-order valence-corrected chi connectivity index (χ0v) is 14.5. The number of carbonyl (C=O) groups is 1. The fraction of sp³-hybridized carbons (Fsp3) is 0.278. The Hall–Kier alpha value is -2.05. The van der Waals surface area contributed by atoms with Crippen LogP contribution in [0.2, 0.25) is 5.02 Å². The average Bonchev–Trinajstić information content (AvgIpc) is 2.54. The summed E-state index contributed by atoms with van der Waals surface area (Å²) in [7, 11) is 0. The lowest BCUT2D eigenvalue weighted by atomic mass is 10.0. The maximum atomic E-state index is 12.9. The van der Waals surface area contributed by atoms with Crippen LogP contribution in [0, 0.1) is 0 Å². The van der Waals surface area contributed by atoms with E-state index in [0.717, 1.165) is 23.8 Å². The molecule has 2 aromatic rings. The number of nitrogens with one attached hydrogen (secondary N) is 1. The number of nitrogens with two attached hydrogens (primary N) is 1. The van der Waals surface area contributed by atoms with E-state index in [1.54, 1.807) is 24.3 Å². The van der Waals surface area contributed by atoms with E-state index >= 15 is 0 Å². The molecule has 134 valence electrons. The Labute approximate surface area is 149 Å². The molecule has 3 nitrogen and oxygen atoms in total. The standard InChI is InChI=1S/C18H18ClF3N2O/c1-11(2)23-16(12-6-4-3-5-7-12)17(25)24-15-10-13(18(20,21)22)8-9-14(15)19/h3-11,16,23H,1-2H3,(H,24,25)/p+1/t16-/m1/s1. The molecule has 0 radical (unpaired) electrons. The second kappa shape index (κ2) is 7.89. The molecule has 0 spiro atoms. The highest BCUT2D eigenvalue weighted by Gasteiger charge is 2.32. The number of halogens is 4. The first-order valence-electron chi connectivity index (χ1n) is 7.76. The Bertz CT molecular complexity index is 733. The number of rotatable bonds is 5. The van der Waals surface area contributed by atoms with Crippen LogP contribution >= 0.6 is 11.6 Å². The van der Waals surface area contributed by atoms with Gasteiger partial charge in [0.25, 0.3) is 5.91 Å². The molecule has 0 aliphatic rings. The van der Waals surface area contributed by atoms with Crippen LogP contribution < -0.4 is 10.6 Å². The predicted octanol–water partition coefficient (Wildman–Crippen LogP) is 4.01. The summed E-state index contributed by atoms with van der Waals surface area (Å²) in [6.07, 6.45) is -4.51. The van der Waals surface area contributed by atoms with Crippen molar-refractivity contribution in [3.63, 3.8) is 0 Å². The van der Waals surface area contributed by atoms with Gasteiger partial charge in [0.1, 0.15) is 0 Å². The van der Waals surface area contributed by atoms with Gasteiger partial charge in [0.2, 0.25) is 0 Å². The molecular formula is C18H19ClF3N2O+. The van der Waals surface area contributed by atoms with Crippen molar-refractivity contribution < 1.29 is 23.3 Å². The van der Waals surface area contributed by atoms with Crippen molar-refractivity contribution in [1.29, 1.82) is 0 Å². The number of carbonyl (C=O) groups excluding carboxylic acids is 1. The molecule has 0 fully saturated rings. The first-order chi connectivity index (χ1) is 11.7. The van der Waals surface area contributed by atoms with Crippen molar-refractivity contribution in [3.05, 3.63) is 64.7 Å². The summed E-state index contributed by atoms with van der Waals surface area (Å²) in [5, 5.41) is 4.42. The van der Waals surface area contributed by atoms with Crippen molar-refractivity contribution >= 4 is 23.2 Å². The molecule has 0 aliphatic carbocycles. The number of hydrogen-bond acceptors (Lipinski definition) is 1. The van der Waals surface area contributed by atoms with Gasteiger partial charge in [0.15, 0.2) is 6.04 Å². The minimum Gasteiger partial charge on any atom is -0.330 e. The van der Waals surface area contributed by atoms with E-state index in [0.29, 0.717) is 0 Å². The van der Waals surface area contributed by atoms with Crippen LogP contribution in [0.1, 0.15) is 31.0 Å². The monoisotopic (exact) mass is 371 g/mol. The van der Waals surface area contributed by atoms with Crippen molar-refractivity contribution in [2.75, 3.05) is 5.32 Å². The van der Waals surface area contributed by atoms with Crippen molar-refractivity contribution in [2.45, 2.75) is 32.1 Å². The molecule has 3 N–H and O–H groups in total. The number of alkyl halides is 3. The van der Waals surface area contributed by atoms with Gasteiger partial charge in [-0.05, 0) is 32.0 Å². The van der Waals surface area contributed by atoms with Gasteiger partial charge in [0.05, 0.1) is 22.3 Å². The fourth-order valence-corrected chi connectivity index (χ4v) is 2.57. The third-order valence-electron chi connectivity index (χ3n) is 3.57. The summed E-state index contributed by atoms with van der Waals surface area (Å²) in [5.74, 6) is -0.430. The Morgan fingerprint density at radius 1 is 1.12 bits per heavy atom. The molecule has 7 heteroatoms. The molecule has 0 saturated heterocycles. The van der Waals surface area contributed by atoms with Gasteiger partial charge in [-0.25, -0.2) is 0 Å². The minimum absolute atomic E-state index is 0.0534. The molecule has 0 bridgehead atoms. The fourth-order valence-electron chi connectivity index (χ4n) is 2.40. The van der Waals surface area contributed by atoms with Gasteiger partial charge in [0, 0.05) is 5.56 Å². The van der Waals surface area contributed by atoms with Gasteiger partial charge < -0.3 is 10.6 Å². The van der Waals surface area contributed by atoms with Gasteiger partial charge >= 0.3 is 6.18 Å². The summed E-state index contributed by atoms with van der Waals surface area (Å²) in [6.45, 7) is 3.86. The van der Waals surface area contributed by atoms with Crippen LogP contribution in [0.5, 0.6) is 0 Å². The lowest BCUT2D eigenvalue weighted by molar-refractivity contribution is -0.709. The predicted molar refractivity (Wildman–Crippen MR) is 91.3 cm³/mol. The zero-order valence-electron chi connectivity index (χ0n) is 13.8. The molecule has 2 rings (SSSR count). The second-order valence-electron chi connectivity index (χ2n) is 6.01. The van der Waals surface area contributed by atoms with E-state index in [2.05, 4.69) is 5.32 Å². The van der Waals surface area contributed by atoms with Gasteiger partial charge in [-0.1, -0.05) is 41.9 Å². The topological polar surface area (TPSA) is 45.7 Å². The smallest absolute Gasteiger partial charge is 0.330 e. The van der Waals surface area contributed by atoms with Gasteiger partial charge in [-0.2, -0.15) is 13.2 Å². The Morgan fingerprint density at radius 2 is 1.76 bits per heavy atom. The number of amides is 1. The van der Waals surface area contributed by atoms with E-state index in [-0.39, 0.29) is 16.8 Å². The normalized spacial score (nSPS) is 12.9. The van der Waals surface area contributed by atoms with Crippen LogP contribution in [0.3, 0.4) is 0 Å². The maximum Gasteiger partial charge on any atom is 0.416 e. The highest BCUT2D eigenvalue weighted by Crippen LogP contribution is 2.34. The highest BCUT2D eigenvalue weighted by atomic mass is 35.5. The van der Waals surface area contributed by atoms with Crippen LogP contribution in [-0.2, 0) is 11.0 Å². The Balaban J connectivity index is 2.29. The highest BCUT2D eigenvalue weighted by molar-refractivity contribution is 6.33. The van der Waals surface area contributed by atoms with Crippen LogP contribution in [0.15, 0.2) is 48.5 Å². The van der Waals surface area contributed by atoms with Crippen molar-refractivity contribution in [2.24, 2.45) is 0 Å². The van der Waals surface area contributed by atoms with Crippen LogP contribution in [0.25, 0.3) is 0 Å². The quantitative estimate of drug-likeness (QED) is 0.819. The van der Waals surface area contributed by atoms with E-state index in [4.69, 9.17) is 11.6 Å². The number of hydrogen-bond donors (Lipinski definition) is 2. The average molecular weight is 372 g/mol. The van der Waals surface area contributed by atoms with E-state index in [1.807, 2.05) is 25.2 Å². The van der Waals surface area contributed by atoms with E-state index in [9.17, 15) is 18.0 Å². The largest absolute Gasteiger partial charge is 0.416 e. The minimum atomic E-state index is -4.51. The lowest BCUT2D eigenvalue weighted by Crippen LogP contribution is -2.91. The maximum absolute atomic E-state index is 12.9. The lowest BCUT2D eigenvalue weighted by Gasteiger charge is -2.19. The van der Waals surface area contributed by atoms with E-state index < -0.39 is 23.7 Å². The number of quaternary nitrogens is 1. The molecule has 1 amide bonds. The second-order valence-corrected chi connectivity index (χ2v) is 6.41.